The van der Waals surface area contributed by atoms with E-state index >= 15 is 0 Å². The molecule has 0 bridgehead atoms. The van der Waals surface area contributed by atoms with Crippen LogP contribution in [0.1, 0.15) is 33.1 Å². The fourth-order valence-corrected chi connectivity index (χ4v) is 3.14. The number of alkyl halides is 2. The molecule has 0 radical (unpaired) electrons. The number of carbonyl (C=O) groups is 2. The van der Waals surface area contributed by atoms with Crippen molar-refractivity contribution in [2.24, 2.45) is 0 Å². The maximum absolute atomic E-state index is 13.0. The Balaban J connectivity index is 1.78. The molecule has 2 aromatic heterocycles. The fourth-order valence-electron chi connectivity index (χ4n) is 2.50. The van der Waals surface area contributed by atoms with Gasteiger partial charge >= 0.3 is 6.55 Å². The average Bonchev–Trinajstić information content (AvgIpc) is 3.33. The number of imidazole rings is 1. The van der Waals surface area contributed by atoms with E-state index in [4.69, 9.17) is 0 Å². The number of anilines is 1. The number of rotatable bonds is 6. The lowest BCUT2D eigenvalue weighted by atomic mass is 10.1. The first-order valence-corrected chi connectivity index (χ1v) is 8.89. The number of benzene rings is 1. The van der Waals surface area contributed by atoms with Gasteiger partial charge in [0.05, 0.1) is 23.4 Å². The number of nitrogens with one attached hydrogen (secondary N) is 1. The number of thiophene rings is 1. The van der Waals surface area contributed by atoms with Crippen LogP contribution in [0.3, 0.4) is 0 Å². The second-order valence-electron chi connectivity index (χ2n) is 5.70. The molecule has 3 aromatic rings. The van der Waals surface area contributed by atoms with Crippen LogP contribution in [0.15, 0.2) is 53.5 Å². The van der Waals surface area contributed by atoms with Crippen LogP contribution < -0.4 is 5.32 Å². The lowest BCUT2D eigenvalue weighted by Gasteiger charge is -2.19. The van der Waals surface area contributed by atoms with Gasteiger partial charge in [-0.2, -0.15) is 20.1 Å². The zero-order chi connectivity index (χ0) is 19.4. The van der Waals surface area contributed by atoms with Crippen molar-refractivity contribution in [2.45, 2.75) is 13.1 Å². The van der Waals surface area contributed by atoms with Crippen LogP contribution in [-0.4, -0.2) is 33.3 Å². The van der Waals surface area contributed by atoms with Gasteiger partial charge in [-0.25, -0.2) is 4.98 Å². The summed E-state index contributed by atoms with van der Waals surface area (Å²) in [5.74, 6) is -0.673. The molecule has 1 N–H and O–H groups in total. The quantitative estimate of drug-likeness (QED) is 0.695. The third kappa shape index (κ3) is 4.20. The Morgan fingerprint density at radius 3 is 2.78 bits per heavy atom. The fraction of sp³-hybridized carbons (Fsp3) is 0.167. The van der Waals surface area contributed by atoms with Crippen LogP contribution in [0.5, 0.6) is 0 Å². The first-order chi connectivity index (χ1) is 13.0. The van der Waals surface area contributed by atoms with Gasteiger partial charge in [0.2, 0.25) is 0 Å². The molecule has 27 heavy (non-hydrogen) atoms. The van der Waals surface area contributed by atoms with Crippen molar-refractivity contribution in [2.75, 3.05) is 12.4 Å². The van der Waals surface area contributed by atoms with Crippen molar-refractivity contribution in [3.8, 4) is 0 Å². The molecule has 0 saturated carbocycles. The molecule has 0 saturated heterocycles. The van der Waals surface area contributed by atoms with E-state index in [1.165, 1.54) is 29.5 Å². The third-order valence-electron chi connectivity index (χ3n) is 3.87. The summed E-state index contributed by atoms with van der Waals surface area (Å²) in [6.07, 6.45) is 2.42. The largest absolute Gasteiger partial charge is 0.334 e. The lowest BCUT2D eigenvalue weighted by molar-refractivity contribution is 0.0612. The van der Waals surface area contributed by atoms with E-state index < -0.39 is 12.5 Å². The Morgan fingerprint density at radius 2 is 2.07 bits per heavy atom. The SMILES string of the molecule is CN(Cc1nccn1C(F)F)C(=O)c1ccccc1NC(=O)c1ccsc1. The second-order valence-corrected chi connectivity index (χ2v) is 6.48. The molecular weight excluding hydrogens is 374 g/mol. The number of hydrogen-bond acceptors (Lipinski definition) is 4. The number of nitrogens with zero attached hydrogens (tertiary/aromatic N) is 3. The van der Waals surface area contributed by atoms with Crippen LogP contribution >= 0.6 is 11.3 Å². The molecule has 2 heterocycles. The maximum Gasteiger partial charge on any atom is 0.319 e. The molecule has 140 valence electrons. The molecule has 0 spiro atoms. The summed E-state index contributed by atoms with van der Waals surface area (Å²) >= 11 is 1.39. The van der Waals surface area contributed by atoms with E-state index in [0.29, 0.717) is 15.8 Å². The monoisotopic (exact) mass is 390 g/mol. The molecule has 2 amide bonds. The van der Waals surface area contributed by atoms with Gasteiger partial charge in [-0.3, -0.25) is 14.2 Å². The highest BCUT2D eigenvalue weighted by molar-refractivity contribution is 7.08. The summed E-state index contributed by atoms with van der Waals surface area (Å²) < 4.78 is 26.6. The zero-order valence-corrected chi connectivity index (χ0v) is 15.1. The highest BCUT2D eigenvalue weighted by Crippen LogP contribution is 2.20. The topological polar surface area (TPSA) is 67.2 Å². The Labute approximate surface area is 158 Å². The Hall–Kier alpha value is -3.07. The summed E-state index contributed by atoms with van der Waals surface area (Å²) in [5, 5.41) is 6.20. The van der Waals surface area contributed by atoms with E-state index in [9.17, 15) is 18.4 Å². The first kappa shape index (κ1) is 18.7. The second kappa shape index (κ2) is 8.09. The summed E-state index contributed by atoms with van der Waals surface area (Å²) in [5.41, 5.74) is 1.11. The van der Waals surface area contributed by atoms with Crippen molar-refractivity contribution in [1.82, 2.24) is 14.5 Å². The smallest absolute Gasteiger partial charge is 0.319 e. The summed E-state index contributed by atoms with van der Waals surface area (Å²) in [4.78, 5) is 30.2. The van der Waals surface area contributed by atoms with E-state index in [1.54, 1.807) is 41.1 Å². The molecule has 0 fully saturated rings. The van der Waals surface area contributed by atoms with Crippen molar-refractivity contribution < 1.29 is 18.4 Å². The van der Waals surface area contributed by atoms with Crippen molar-refractivity contribution in [1.29, 1.82) is 0 Å². The van der Waals surface area contributed by atoms with Gasteiger partial charge in [0.25, 0.3) is 11.8 Å². The third-order valence-corrected chi connectivity index (χ3v) is 4.56. The lowest BCUT2D eigenvalue weighted by Crippen LogP contribution is -2.29. The molecule has 0 aliphatic rings. The number of halogens is 2. The van der Waals surface area contributed by atoms with E-state index in [-0.39, 0.29) is 23.8 Å². The molecule has 9 heteroatoms. The number of carbonyl (C=O) groups excluding carboxylic acids is 2. The summed E-state index contributed by atoms with van der Waals surface area (Å²) in [7, 11) is 1.49. The van der Waals surface area contributed by atoms with Crippen molar-refractivity contribution in [3.05, 3.63) is 70.4 Å². The molecule has 0 aliphatic carbocycles. The van der Waals surface area contributed by atoms with Crippen LogP contribution in [0.25, 0.3) is 0 Å². The molecular formula is C18H16F2N4O2S. The van der Waals surface area contributed by atoms with Gasteiger partial charge in [0.15, 0.2) is 0 Å². The highest BCUT2D eigenvalue weighted by atomic mass is 32.1. The van der Waals surface area contributed by atoms with Crippen LogP contribution in [0.2, 0.25) is 0 Å². The molecule has 6 nitrogen and oxygen atoms in total. The van der Waals surface area contributed by atoms with E-state index in [2.05, 4.69) is 10.3 Å². The van der Waals surface area contributed by atoms with Gasteiger partial charge < -0.3 is 10.2 Å². The summed E-state index contributed by atoms with van der Waals surface area (Å²) in [6, 6.07) is 8.23. The van der Waals surface area contributed by atoms with Gasteiger partial charge in [0, 0.05) is 24.8 Å². The molecule has 1 aromatic carbocycles. The Bertz CT molecular complexity index is 941. The molecule has 0 unspecified atom stereocenters. The number of para-hydroxylation sites is 1. The Kier molecular flexibility index (Phi) is 5.60. The first-order valence-electron chi connectivity index (χ1n) is 7.95. The highest BCUT2D eigenvalue weighted by Gasteiger charge is 2.20. The van der Waals surface area contributed by atoms with Gasteiger partial charge in [-0.15, -0.1) is 0 Å². The predicted molar refractivity (Wildman–Crippen MR) is 98.0 cm³/mol. The minimum atomic E-state index is -2.73. The number of amides is 2. The average molecular weight is 390 g/mol. The maximum atomic E-state index is 13.0. The normalized spacial score (nSPS) is 10.8. The summed E-state index contributed by atoms with van der Waals surface area (Å²) in [6.45, 7) is -2.83. The number of hydrogen-bond donors (Lipinski definition) is 1. The van der Waals surface area contributed by atoms with E-state index in [0.717, 1.165) is 6.20 Å². The van der Waals surface area contributed by atoms with Gasteiger partial charge in [-0.05, 0) is 23.6 Å². The molecule has 0 aliphatic heterocycles. The van der Waals surface area contributed by atoms with Crippen LogP contribution in [0, 0.1) is 0 Å². The zero-order valence-electron chi connectivity index (χ0n) is 14.3. The van der Waals surface area contributed by atoms with Gasteiger partial charge in [0.1, 0.15) is 5.82 Å². The predicted octanol–water partition coefficient (Wildman–Crippen LogP) is 3.86. The molecule has 3 rings (SSSR count). The standard InChI is InChI=1S/C18H16F2N4O2S/c1-23(10-15-21-7-8-24(15)18(19)20)17(26)13-4-2-3-5-14(13)22-16(25)12-6-9-27-11-12/h2-9,11,18H,10H2,1H3,(H,22,25). The van der Waals surface area contributed by atoms with Crippen molar-refractivity contribution >= 4 is 28.8 Å². The van der Waals surface area contributed by atoms with Gasteiger partial charge in [-0.1, -0.05) is 12.1 Å². The van der Waals surface area contributed by atoms with Crippen molar-refractivity contribution in [3.63, 3.8) is 0 Å². The van der Waals surface area contributed by atoms with E-state index in [1.807, 2.05) is 0 Å². The minimum Gasteiger partial charge on any atom is -0.334 e. The Morgan fingerprint density at radius 1 is 1.30 bits per heavy atom. The molecule has 0 atom stereocenters. The minimum absolute atomic E-state index is 0.0700. The van der Waals surface area contributed by atoms with Crippen LogP contribution in [-0.2, 0) is 6.54 Å². The number of aromatic nitrogens is 2. The van der Waals surface area contributed by atoms with Crippen LogP contribution in [0.4, 0.5) is 14.5 Å².